The number of fused-ring (bicyclic) bond motifs is 1. The average molecular weight is 239 g/mol. The van der Waals surface area contributed by atoms with Crippen LogP contribution in [0.2, 0.25) is 0 Å². The molecule has 1 heterocycles. The lowest BCUT2D eigenvalue weighted by Crippen LogP contribution is -2.09. The van der Waals surface area contributed by atoms with Crippen molar-refractivity contribution in [3.8, 4) is 17.2 Å². The van der Waals surface area contributed by atoms with Crippen LogP contribution in [-0.2, 0) is 0 Å². The minimum atomic E-state index is 0.278. The predicted molar refractivity (Wildman–Crippen MR) is 64.1 cm³/mol. The van der Waals surface area contributed by atoms with Gasteiger partial charge in [-0.3, -0.25) is 0 Å². The molecule has 86 valence electrons. The first-order valence-electron chi connectivity index (χ1n) is 5.06. The quantitative estimate of drug-likeness (QED) is 0.628. The number of benzene rings is 1. The molecular weight excluding hydrogens is 226 g/mol. The van der Waals surface area contributed by atoms with Crippen LogP contribution < -0.4 is 19.9 Å². The van der Waals surface area contributed by atoms with Crippen molar-refractivity contribution in [1.82, 2.24) is 0 Å². The molecule has 1 aliphatic rings. The highest BCUT2D eigenvalue weighted by molar-refractivity contribution is 7.80. The maximum atomic E-state index is 5.53. The van der Waals surface area contributed by atoms with E-state index >= 15 is 0 Å². The molecule has 2 N–H and O–H groups in total. The molecule has 4 nitrogen and oxygen atoms in total. The van der Waals surface area contributed by atoms with Gasteiger partial charge in [0, 0.05) is 12.5 Å². The van der Waals surface area contributed by atoms with E-state index in [9.17, 15) is 0 Å². The minimum Gasteiger partial charge on any atom is -0.493 e. The highest BCUT2D eigenvalue weighted by Gasteiger charge is 2.13. The zero-order valence-electron chi connectivity index (χ0n) is 8.77. The fraction of sp³-hybridized carbons (Fsp3) is 0.364. The van der Waals surface area contributed by atoms with E-state index in [0.717, 1.165) is 23.7 Å². The number of thiocarbonyl (C=S) groups is 1. The van der Waals surface area contributed by atoms with Crippen molar-refractivity contribution in [2.75, 3.05) is 13.4 Å². The smallest absolute Gasteiger partial charge is 0.231 e. The molecule has 0 saturated heterocycles. The van der Waals surface area contributed by atoms with E-state index in [-0.39, 0.29) is 6.79 Å². The van der Waals surface area contributed by atoms with E-state index in [4.69, 9.17) is 32.2 Å². The van der Waals surface area contributed by atoms with Crippen LogP contribution in [0.5, 0.6) is 17.2 Å². The Morgan fingerprint density at radius 2 is 2.19 bits per heavy atom. The first-order valence-corrected chi connectivity index (χ1v) is 5.47. The number of rotatable bonds is 5. The first kappa shape index (κ1) is 11.0. The van der Waals surface area contributed by atoms with E-state index < -0.39 is 0 Å². The summed E-state index contributed by atoms with van der Waals surface area (Å²) < 4.78 is 16.0. The number of hydrogen-bond acceptors (Lipinski definition) is 4. The summed E-state index contributed by atoms with van der Waals surface area (Å²) >= 11 is 4.78. The lowest BCUT2D eigenvalue weighted by Gasteiger charge is -2.06. The lowest BCUT2D eigenvalue weighted by atomic mass is 10.3. The van der Waals surface area contributed by atoms with E-state index in [1.807, 2.05) is 18.2 Å². The van der Waals surface area contributed by atoms with E-state index in [0.29, 0.717) is 18.0 Å². The highest BCUT2D eigenvalue weighted by Crippen LogP contribution is 2.35. The number of nitrogens with two attached hydrogens (primary N) is 1. The van der Waals surface area contributed by atoms with Crippen LogP contribution in [0.1, 0.15) is 12.8 Å². The Kier molecular flexibility index (Phi) is 3.46. The second-order valence-electron chi connectivity index (χ2n) is 3.43. The summed E-state index contributed by atoms with van der Waals surface area (Å²) in [6.07, 6.45) is 1.53. The fourth-order valence-electron chi connectivity index (χ4n) is 1.40. The summed E-state index contributed by atoms with van der Waals surface area (Å²) in [7, 11) is 0. The molecular formula is C11H13NO3S. The van der Waals surface area contributed by atoms with Crippen LogP contribution in [-0.4, -0.2) is 18.4 Å². The van der Waals surface area contributed by atoms with Gasteiger partial charge in [0.1, 0.15) is 5.75 Å². The Bertz CT molecular complexity index is 395. The van der Waals surface area contributed by atoms with Crippen LogP contribution in [0.3, 0.4) is 0 Å². The molecule has 1 aromatic rings. The molecule has 0 spiro atoms. The summed E-state index contributed by atoms with van der Waals surface area (Å²) in [5, 5.41) is 0. The maximum Gasteiger partial charge on any atom is 0.231 e. The molecule has 0 aliphatic carbocycles. The Hall–Kier alpha value is -1.49. The van der Waals surface area contributed by atoms with Gasteiger partial charge < -0.3 is 19.9 Å². The van der Waals surface area contributed by atoms with E-state index in [2.05, 4.69) is 0 Å². The van der Waals surface area contributed by atoms with Gasteiger partial charge in [0.2, 0.25) is 6.79 Å². The predicted octanol–water partition coefficient (Wildman–Crippen LogP) is 1.86. The second kappa shape index (κ2) is 5.03. The number of ether oxygens (including phenoxy) is 3. The zero-order chi connectivity index (χ0) is 11.4. The molecule has 0 unspecified atom stereocenters. The molecule has 0 fully saturated rings. The van der Waals surface area contributed by atoms with Gasteiger partial charge in [-0.15, -0.1) is 0 Å². The van der Waals surface area contributed by atoms with Gasteiger partial charge in [-0.2, -0.15) is 0 Å². The Balaban J connectivity index is 1.83. The van der Waals surface area contributed by atoms with Crippen molar-refractivity contribution in [2.45, 2.75) is 12.8 Å². The molecule has 5 heteroatoms. The topological polar surface area (TPSA) is 53.7 Å². The Morgan fingerprint density at radius 3 is 3.00 bits per heavy atom. The van der Waals surface area contributed by atoms with Crippen molar-refractivity contribution in [3.63, 3.8) is 0 Å². The highest BCUT2D eigenvalue weighted by atomic mass is 32.1. The fourth-order valence-corrected chi connectivity index (χ4v) is 1.55. The first-order chi connectivity index (χ1) is 7.75. The third-order valence-electron chi connectivity index (χ3n) is 2.18. The van der Waals surface area contributed by atoms with Gasteiger partial charge in [0.15, 0.2) is 11.5 Å². The van der Waals surface area contributed by atoms with E-state index in [1.165, 1.54) is 0 Å². The molecule has 0 bridgehead atoms. The van der Waals surface area contributed by atoms with Gasteiger partial charge in [0.05, 0.1) is 11.6 Å². The normalized spacial score (nSPS) is 12.5. The summed E-state index contributed by atoms with van der Waals surface area (Å²) in [4.78, 5) is 0.522. The molecule has 1 aromatic carbocycles. The van der Waals surface area contributed by atoms with Crippen LogP contribution >= 0.6 is 12.2 Å². The molecule has 0 aromatic heterocycles. The summed E-state index contributed by atoms with van der Waals surface area (Å²) in [6, 6.07) is 5.52. The minimum absolute atomic E-state index is 0.278. The third-order valence-corrected chi connectivity index (χ3v) is 2.38. The standard InChI is InChI=1S/C11H13NO3S/c12-11(16)2-1-5-13-8-3-4-9-10(6-8)15-7-14-9/h3-4,6H,1-2,5,7H2,(H2,12,16). The average Bonchev–Trinajstić information content (AvgIpc) is 2.71. The zero-order valence-corrected chi connectivity index (χ0v) is 9.59. The van der Waals surface area contributed by atoms with Crippen molar-refractivity contribution in [3.05, 3.63) is 18.2 Å². The molecule has 1 aliphatic heterocycles. The summed E-state index contributed by atoms with van der Waals surface area (Å²) in [6.45, 7) is 0.872. The number of hydrogen-bond donors (Lipinski definition) is 1. The second-order valence-corrected chi connectivity index (χ2v) is 3.96. The molecule has 0 radical (unpaired) electrons. The molecule has 0 atom stereocenters. The Labute approximate surface area is 99.3 Å². The van der Waals surface area contributed by atoms with Crippen LogP contribution in [0.15, 0.2) is 18.2 Å². The third kappa shape index (κ3) is 2.76. The SMILES string of the molecule is NC(=S)CCCOc1ccc2c(c1)OCO2. The van der Waals surface area contributed by atoms with E-state index in [1.54, 1.807) is 0 Å². The molecule has 0 saturated carbocycles. The molecule has 0 amide bonds. The molecule has 2 rings (SSSR count). The van der Waals surface area contributed by atoms with Gasteiger partial charge in [0.25, 0.3) is 0 Å². The summed E-state index contributed by atoms with van der Waals surface area (Å²) in [5.74, 6) is 2.26. The van der Waals surface area contributed by atoms with Gasteiger partial charge >= 0.3 is 0 Å². The van der Waals surface area contributed by atoms with Gasteiger partial charge in [-0.25, -0.2) is 0 Å². The summed E-state index contributed by atoms with van der Waals surface area (Å²) in [5.41, 5.74) is 5.39. The lowest BCUT2D eigenvalue weighted by molar-refractivity contribution is 0.173. The Morgan fingerprint density at radius 1 is 1.38 bits per heavy atom. The van der Waals surface area contributed by atoms with Gasteiger partial charge in [-0.1, -0.05) is 12.2 Å². The van der Waals surface area contributed by atoms with Crippen LogP contribution in [0.4, 0.5) is 0 Å². The van der Waals surface area contributed by atoms with Crippen molar-refractivity contribution in [1.29, 1.82) is 0 Å². The molecule has 16 heavy (non-hydrogen) atoms. The van der Waals surface area contributed by atoms with Gasteiger partial charge in [-0.05, 0) is 18.6 Å². The van der Waals surface area contributed by atoms with Crippen molar-refractivity contribution < 1.29 is 14.2 Å². The largest absolute Gasteiger partial charge is 0.493 e. The monoisotopic (exact) mass is 239 g/mol. The van der Waals surface area contributed by atoms with Crippen molar-refractivity contribution >= 4 is 17.2 Å². The van der Waals surface area contributed by atoms with Crippen LogP contribution in [0.25, 0.3) is 0 Å². The van der Waals surface area contributed by atoms with Crippen molar-refractivity contribution in [2.24, 2.45) is 5.73 Å². The maximum absolute atomic E-state index is 5.53. The van der Waals surface area contributed by atoms with Crippen LogP contribution in [0, 0.1) is 0 Å².